The van der Waals surface area contributed by atoms with E-state index in [0.717, 1.165) is 5.56 Å². The summed E-state index contributed by atoms with van der Waals surface area (Å²) in [7, 11) is 0. The maximum atomic E-state index is 9.09. The molecule has 0 atom stereocenters. The minimum absolute atomic E-state index is 0.273. The molecule has 0 radical (unpaired) electrons. The number of phenolic OH excluding ortho intramolecular Hbond substituents is 1. The summed E-state index contributed by atoms with van der Waals surface area (Å²) in [6, 6.07) is 7.02. The van der Waals surface area contributed by atoms with Crippen molar-refractivity contribution in [2.45, 2.75) is 6.61 Å². The number of benzene rings is 1. The van der Waals surface area contributed by atoms with E-state index < -0.39 is 0 Å². The Morgan fingerprint density at radius 1 is 1.50 bits per heavy atom. The lowest BCUT2D eigenvalue weighted by Crippen LogP contribution is -1.91. The summed E-state index contributed by atoms with van der Waals surface area (Å²) in [6.45, 7) is 4.59. The normalized spacial score (nSPS) is 9.67. The molecular weight excluding hydrogens is 152 g/mol. The third kappa shape index (κ3) is 2.76. The number of phenols is 1. The first kappa shape index (κ1) is 8.81. The van der Waals surface area contributed by atoms with Crippen LogP contribution in [0.1, 0.15) is 5.56 Å². The molecule has 1 N–H and O–H groups in total. The summed E-state index contributed by atoms with van der Waals surface area (Å²) in [5, 5.41) is 9.09. The fourth-order valence-corrected chi connectivity index (χ4v) is 0.906. The molecule has 0 aliphatic rings. The Balaban J connectivity index is 2.46. The number of aromatic hydroxyl groups is 1. The summed E-state index contributed by atoms with van der Waals surface area (Å²) in [5.74, 6) is 0.273. The SMILES string of the molecule is C=CCOCc1cccc(O)c1. The van der Waals surface area contributed by atoms with Crippen molar-refractivity contribution in [1.82, 2.24) is 0 Å². The molecule has 0 heterocycles. The fraction of sp³-hybridized carbons (Fsp3) is 0.200. The van der Waals surface area contributed by atoms with Gasteiger partial charge in [0.1, 0.15) is 5.75 Å². The molecule has 0 spiro atoms. The highest BCUT2D eigenvalue weighted by atomic mass is 16.5. The van der Waals surface area contributed by atoms with E-state index in [0.29, 0.717) is 13.2 Å². The van der Waals surface area contributed by atoms with Gasteiger partial charge in [-0.05, 0) is 17.7 Å². The molecule has 0 saturated heterocycles. The zero-order valence-electron chi connectivity index (χ0n) is 6.86. The van der Waals surface area contributed by atoms with E-state index in [-0.39, 0.29) is 5.75 Å². The number of hydrogen-bond donors (Lipinski definition) is 1. The van der Waals surface area contributed by atoms with Crippen LogP contribution in [-0.2, 0) is 11.3 Å². The van der Waals surface area contributed by atoms with Crippen LogP contribution in [0.4, 0.5) is 0 Å². The molecule has 0 unspecified atom stereocenters. The fourth-order valence-electron chi connectivity index (χ4n) is 0.906. The molecule has 0 aromatic heterocycles. The number of ether oxygens (including phenoxy) is 1. The minimum Gasteiger partial charge on any atom is -0.508 e. The molecule has 1 rings (SSSR count). The van der Waals surface area contributed by atoms with Gasteiger partial charge < -0.3 is 9.84 Å². The van der Waals surface area contributed by atoms with Crippen LogP contribution < -0.4 is 0 Å². The number of rotatable bonds is 4. The zero-order valence-corrected chi connectivity index (χ0v) is 6.86. The first-order chi connectivity index (χ1) is 5.83. The lowest BCUT2D eigenvalue weighted by molar-refractivity contribution is 0.148. The average Bonchev–Trinajstić information content (AvgIpc) is 2.05. The van der Waals surface area contributed by atoms with E-state index >= 15 is 0 Å². The summed E-state index contributed by atoms with van der Waals surface area (Å²) < 4.78 is 5.19. The standard InChI is InChI=1S/C10H12O2/c1-2-6-12-8-9-4-3-5-10(11)7-9/h2-5,7,11H,1,6,8H2. The van der Waals surface area contributed by atoms with Gasteiger partial charge in [-0.25, -0.2) is 0 Å². The van der Waals surface area contributed by atoms with Gasteiger partial charge >= 0.3 is 0 Å². The third-order valence-electron chi connectivity index (χ3n) is 1.41. The van der Waals surface area contributed by atoms with Crippen molar-refractivity contribution in [1.29, 1.82) is 0 Å². The predicted octanol–water partition coefficient (Wildman–Crippen LogP) is 2.09. The summed E-state index contributed by atoms with van der Waals surface area (Å²) in [6.07, 6.45) is 1.70. The van der Waals surface area contributed by atoms with Crippen molar-refractivity contribution < 1.29 is 9.84 Å². The van der Waals surface area contributed by atoms with Crippen LogP contribution in [0.15, 0.2) is 36.9 Å². The molecule has 64 valence electrons. The highest BCUT2D eigenvalue weighted by Crippen LogP contribution is 2.11. The Kier molecular flexibility index (Phi) is 3.35. The van der Waals surface area contributed by atoms with Crippen molar-refractivity contribution in [3.8, 4) is 5.75 Å². The average molecular weight is 164 g/mol. The predicted molar refractivity (Wildman–Crippen MR) is 48.0 cm³/mol. The highest BCUT2D eigenvalue weighted by Gasteiger charge is 1.92. The third-order valence-corrected chi connectivity index (χ3v) is 1.41. The van der Waals surface area contributed by atoms with Gasteiger partial charge in [-0.15, -0.1) is 6.58 Å². The van der Waals surface area contributed by atoms with E-state index in [1.54, 1.807) is 24.3 Å². The second-order valence-electron chi connectivity index (χ2n) is 2.47. The van der Waals surface area contributed by atoms with Gasteiger partial charge in [0.05, 0.1) is 13.2 Å². The molecule has 2 heteroatoms. The zero-order chi connectivity index (χ0) is 8.81. The Hall–Kier alpha value is -1.28. The van der Waals surface area contributed by atoms with Crippen molar-refractivity contribution >= 4 is 0 Å². The largest absolute Gasteiger partial charge is 0.508 e. The van der Waals surface area contributed by atoms with Crippen LogP contribution in [0.2, 0.25) is 0 Å². The molecule has 1 aromatic rings. The highest BCUT2D eigenvalue weighted by molar-refractivity contribution is 5.26. The molecule has 12 heavy (non-hydrogen) atoms. The van der Waals surface area contributed by atoms with Crippen LogP contribution >= 0.6 is 0 Å². The maximum absolute atomic E-state index is 9.09. The monoisotopic (exact) mass is 164 g/mol. The Morgan fingerprint density at radius 3 is 3.00 bits per heavy atom. The van der Waals surface area contributed by atoms with Gasteiger partial charge in [-0.2, -0.15) is 0 Å². The molecule has 0 saturated carbocycles. The van der Waals surface area contributed by atoms with Gasteiger partial charge in [0, 0.05) is 0 Å². The van der Waals surface area contributed by atoms with E-state index in [9.17, 15) is 0 Å². The topological polar surface area (TPSA) is 29.5 Å². The van der Waals surface area contributed by atoms with Gasteiger partial charge in [-0.1, -0.05) is 18.2 Å². The van der Waals surface area contributed by atoms with Crippen LogP contribution in [0.25, 0.3) is 0 Å². The first-order valence-corrected chi connectivity index (χ1v) is 3.79. The van der Waals surface area contributed by atoms with Gasteiger partial charge in [0.15, 0.2) is 0 Å². The van der Waals surface area contributed by atoms with Crippen LogP contribution in [0, 0.1) is 0 Å². The van der Waals surface area contributed by atoms with Crippen molar-refractivity contribution in [3.63, 3.8) is 0 Å². The van der Waals surface area contributed by atoms with Crippen LogP contribution in [-0.4, -0.2) is 11.7 Å². The summed E-state index contributed by atoms with van der Waals surface area (Å²) in [4.78, 5) is 0. The molecule has 0 aliphatic carbocycles. The van der Waals surface area contributed by atoms with Gasteiger partial charge in [-0.3, -0.25) is 0 Å². The molecule has 0 aliphatic heterocycles. The lowest BCUT2D eigenvalue weighted by Gasteiger charge is -2.01. The second-order valence-corrected chi connectivity index (χ2v) is 2.47. The maximum Gasteiger partial charge on any atom is 0.115 e. The quantitative estimate of drug-likeness (QED) is 0.545. The molecular formula is C10H12O2. The van der Waals surface area contributed by atoms with Crippen molar-refractivity contribution in [3.05, 3.63) is 42.5 Å². The Morgan fingerprint density at radius 2 is 2.33 bits per heavy atom. The Labute approximate surface area is 72.1 Å². The minimum atomic E-state index is 0.273. The Bertz CT molecular complexity index is 256. The van der Waals surface area contributed by atoms with Crippen LogP contribution in [0.3, 0.4) is 0 Å². The van der Waals surface area contributed by atoms with E-state index in [1.807, 2.05) is 6.07 Å². The molecule has 0 amide bonds. The van der Waals surface area contributed by atoms with E-state index in [2.05, 4.69) is 6.58 Å². The lowest BCUT2D eigenvalue weighted by atomic mass is 10.2. The van der Waals surface area contributed by atoms with Gasteiger partial charge in [0.2, 0.25) is 0 Å². The van der Waals surface area contributed by atoms with Crippen molar-refractivity contribution in [2.24, 2.45) is 0 Å². The summed E-state index contributed by atoms with van der Waals surface area (Å²) >= 11 is 0. The first-order valence-electron chi connectivity index (χ1n) is 3.79. The van der Waals surface area contributed by atoms with Gasteiger partial charge in [0.25, 0.3) is 0 Å². The number of hydrogen-bond acceptors (Lipinski definition) is 2. The van der Waals surface area contributed by atoms with Crippen molar-refractivity contribution in [2.75, 3.05) is 6.61 Å². The smallest absolute Gasteiger partial charge is 0.115 e. The second kappa shape index (κ2) is 4.57. The molecule has 0 fully saturated rings. The van der Waals surface area contributed by atoms with E-state index in [4.69, 9.17) is 9.84 Å². The molecule has 2 nitrogen and oxygen atoms in total. The van der Waals surface area contributed by atoms with E-state index in [1.165, 1.54) is 0 Å². The molecule has 1 aromatic carbocycles. The van der Waals surface area contributed by atoms with Crippen LogP contribution in [0.5, 0.6) is 5.75 Å². The summed E-state index contributed by atoms with van der Waals surface area (Å²) in [5.41, 5.74) is 0.969. The molecule has 0 bridgehead atoms.